The number of hydrogen-bond donors (Lipinski definition) is 0. The van der Waals surface area contributed by atoms with Gasteiger partial charge in [-0.25, -0.2) is 0 Å². The first-order valence-electron chi connectivity index (χ1n) is 4.67. The minimum atomic E-state index is 0.603. The summed E-state index contributed by atoms with van der Waals surface area (Å²) in [5.41, 5.74) is 1.99. The smallest absolute Gasteiger partial charge is 0.0208 e. The van der Waals surface area contributed by atoms with Crippen molar-refractivity contribution in [2.75, 3.05) is 0 Å². The van der Waals surface area contributed by atoms with Gasteiger partial charge < -0.3 is 0 Å². The summed E-state index contributed by atoms with van der Waals surface area (Å²) in [5, 5.41) is 0. The maximum Gasteiger partial charge on any atom is -0.0208 e. The van der Waals surface area contributed by atoms with Crippen molar-refractivity contribution in [1.82, 2.24) is 0 Å². The third-order valence-corrected chi connectivity index (χ3v) is 3.04. The van der Waals surface area contributed by atoms with Crippen molar-refractivity contribution in [3.8, 4) is 0 Å². The van der Waals surface area contributed by atoms with Crippen LogP contribution in [0.25, 0.3) is 0 Å². The largest absolute Gasteiger partial charge is 0.0999 e. The maximum atomic E-state index is 4.03. The monoisotopic (exact) mass is 152 g/mol. The van der Waals surface area contributed by atoms with E-state index in [9.17, 15) is 0 Å². The summed E-state index contributed by atoms with van der Waals surface area (Å²) >= 11 is 0. The summed E-state index contributed by atoms with van der Waals surface area (Å²) in [6.07, 6.45) is 5.49. The zero-order valence-corrected chi connectivity index (χ0v) is 8.11. The van der Waals surface area contributed by atoms with Crippen LogP contribution in [0, 0.1) is 11.3 Å². The van der Waals surface area contributed by atoms with Crippen molar-refractivity contribution in [3.63, 3.8) is 0 Å². The number of allylic oxidation sites excluding steroid dienone is 1. The molecule has 0 spiro atoms. The van der Waals surface area contributed by atoms with Crippen molar-refractivity contribution >= 4 is 0 Å². The standard InChI is InChI=1S/C11H20/c1-9(2)10-5-7-11(3,4)8-6-10/h10H,1,5-8H2,2-4H3. The first-order chi connectivity index (χ1) is 5.01. The second-order valence-corrected chi connectivity index (χ2v) is 4.78. The minimum absolute atomic E-state index is 0.603. The topological polar surface area (TPSA) is 0 Å². The average Bonchev–Trinajstić information content (AvgIpc) is 1.86. The van der Waals surface area contributed by atoms with Crippen LogP contribution in [0.1, 0.15) is 46.5 Å². The Hall–Kier alpha value is -0.260. The van der Waals surface area contributed by atoms with E-state index in [1.54, 1.807) is 0 Å². The lowest BCUT2D eigenvalue weighted by atomic mass is 9.71. The Kier molecular flexibility index (Phi) is 2.41. The number of rotatable bonds is 1. The summed E-state index contributed by atoms with van der Waals surface area (Å²) in [7, 11) is 0. The third-order valence-electron chi connectivity index (χ3n) is 3.04. The molecule has 0 aromatic heterocycles. The molecule has 0 atom stereocenters. The highest BCUT2D eigenvalue weighted by Crippen LogP contribution is 2.39. The van der Waals surface area contributed by atoms with Crippen molar-refractivity contribution in [2.24, 2.45) is 11.3 Å². The molecule has 0 aliphatic heterocycles. The van der Waals surface area contributed by atoms with Crippen molar-refractivity contribution in [1.29, 1.82) is 0 Å². The van der Waals surface area contributed by atoms with E-state index >= 15 is 0 Å². The van der Waals surface area contributed by atoms with Crippen LogP contribution in [0.5, 0.6) is 0 Å². The Morgan fingerprint density at radius 1 is 1.27 bits per heavy atom. The molecule has 64 valence electrons. The van der Waals surface area contributed by atoms with Gasteiger partial charge in [0.25, 0.3) is 0 Å². The van der Waals surface area contributed by atoms with E-state index in [1.165, 1.54) is 31.3 Å². The van der Waals surface area contributed by atoms with Crippen LogP contribution in [0.3, 0.4) is 0 Å². The molecule has 1 aliphatic rings. The van der Waals surface area contributed by atoms with E-state index in [-0.39, 0.29) is 0 Å². The minimum Gasteiger partial charge on any atom is -0.0999 e. The van der Waals surface area contributed by atoms with Gasteiger partial charge in [0.1, 0.15) is 0 Å². The lowest BCUT2D eigenvalue weighted by Gasteiger charge is -2.34. The van der Waals surface area contributed by atoms with Crippen LogP contribution in [0.4, 0.5) is 0 Å². The predicted octanol–water partition coefficient (Wildman–Crippen LogP) is 3.78. The van der Waals surface area contributed by atoms with Gasteiger partial charge in [0.05, 0.1) is 0 Å². The van der Waals surface area contributed by atoms with Crippen LogP contribution in [0.15, 0.2) is 12.2 Å². The van der Waals surface area contributed by atoms with Crippen molar-refractivity contribution in [3.05, 3.63) is 12.2 Å². The van der Waals surface area contributed by atoms with E-state index in [0.717, 1.165) is 5.92 Å². The Morgan fingerprint density at radius 2 is 1.73 bits per heavy atom. The molecule has 0 heterocycles. The molecule has 0 saturated heterocycles. The second kappa shape index (κ2) is 3.00. The second-order valence-electron chi connectivity index (χ2n) is 4.78. The molecular formula is C11H20. The Bertz CT molecular complexity index is 143. The van der Waals surface area contributed by atoms with Crippen LogP contribution in [-0.2, 0) is 0 Å². The Morgan fingerprint density at radius 3 is 2.09 bits per heavy atom. The van der Waals surface area contributed by atoms with Gasteiger partial charge in [0.15, 0.2) is 0 Å². The van der Waals surface area contributed by atoms with Gasteiger partial charge in [0.2, 0.25) is 0 Å². The molecule has 0 unspecified atom stereocenters. The zero-order chi connectivity index (χ0) is 8.48. The maximum absolute atomic E-state index is 4.03. The molecule has 1 fully saturated rings. The molecule has 0 radical (unpaired) electrons. The summed E-state index contributed by atoms with van der Waals surface area (Å²) in [5.74, 6) is 0.822. The first kappa shape index (κ1) is 8.83. The number of hydrogen-bond acceptors (Lipinski definition) is 0. The van der Waals surface area contributed by atoms with E-state index < -0.39 is 0 Å². The molecule has 11 heavy (non-hydrogen) atoms. The molecule has 0 amide bonds. The SMILES string of the molecule is C=C(C)C1CCC(C)(C)CC1. The summed E-state index contributed by atoms with van der Waals surface area (Å²) in [6, 6.07) is 0. The van der Waals surface area contributed by atoms with Gasteiger partial charge in [-0.3, -0.25) is 0 Å². The van der Waals surface area contributed by atoms with Crippen LogP contribution in [0.2, 0.25) is 0 Å². The molecule has 1 aliphatic carbocycles. The highest BCUT2D eigenvalue weighted by molar-refractivity contribution is 4.98. The van der Waals surface area contributed by atoms with E-state index in [2.05, 4.69) is 27.4 Å². The van der Waals surface area contributed by atoms with Crippen LogP contribution >= 0.6 is 0 Å². The highest BCUT2D eigenvalue weighted by Gasteiger charge is 2.26. The lowest BCUT2D eigenvalue weighted by molar-refractivity contribution is 0.208. The molecular weight excluding hydrogens is 132 g/mol. The fourth-order valence-corrected chi connectivity index (χ4v) is 1.89. The van der Waals surface area contributed by atoms with Gasteiger partial charge in [0, 0.05) is 0 Å². The van der Waals surface area contributed by atoms with E-state index in [4.69, 9.17) is 0 Å². The molecule has 0 aromatic carbocycles. The van der Waals surface area contributed by atoms with E-state index in [1.807, 2.05) is 0 Å². The normalized spacial score (nSPS) is 25.0. The highest BCUT2D eigenvalue weighted by atomic mass is 14.3. The molecule has 0 bridgehead atoms. The summed E-state index contributed by atoms with van der Waals surface area (Å²) in [4.78, 5) is 0. The molecule has 1 saturated carbocycles. The lowest BCUT2D eigenvalue weighted by Crippen LogP contribution is -2.21. The summed E-state index contributed by atoms with van der Waals surface area (Å²) < 4.78 is 0. The van der Waals surface area contributed by atoms with Crippen molar-refractivity contribution < 1.29 is 0 Å². The molecule has 0 aromatic rings. The molecule has 0 heteroatoms. The molecule has 1 rings (SSSR count). The van der Waals surface area contributed by atoms with Gasteiger partial charge in [-0.1, -0.05) is 26.0 Å². The molecule has 0 nitrogen and oxygen atoms in total. The fraction of sp³-hybridized carbons (Fsp3) is 0.818. The summed E-state index contributed by atoms with van der Waals surface area (Å²) in [6.45, 7) is 10.9. The van der Waals surface area contributed by atoms with Gasteiger partial charge in [-0.2, -0.15) is 0 Å². The first-order valence-corrected chi connectivity index (χ1v) is 4.67. The van der Waals surface area contributed by atoms with Gasteiger partial charge in [-0.05, 0) is 43.9 Å². The van der Waals surface area contributed by atoms with Crippen LogP contribution in [-0.4, -0.2) is 0 Å². The Labute approximate surface area is 70.7 Å². The predicted molar refractivity (Wildman–Crippen MR) is 50.6 cm³/mol. The average molecular weight is 152 g/mol. The van der Waals surface area contributed by atoms with Gasteiger partial charge >= 0.3 is 0 Å². The van der Waals surface area contributed by atoms with Crippen molar-refractivity contribution in [2.45, 2.75) is 46.5 Å². The van der Waals surface area contributed by atoms with Crippen LogP contribution < -0.4 is 0 Å². The quantitative estimate of drug-likeness (QED) is 0.502. The Balaban J connectivity index is 2.42. The third kappa shape index (κ3) is 2.36. The molecule has 0 N–H and O–H groups in total. The van der Waals surface area contributed by atoms with Gasteiger partial charge in [-0.15, -0.1) is 0 Å². The zero-order valence-electron chi connectivity index (χ0n) is 8.11. The fourth-order valence-electron chi connectivity index (χ4n) is 1.89. The van der Waals surface area contributed by atoms with E-state index in [0.29, 0.717) is 5.41 Å².